The van der Waals surface area contributed by atoms with Gasteiger partial charge in [-0.3, -0.25) is 0 Å². The van der Waals surface area contributed by atoms with E-state index < -0.39 is 0 Å². The molecule has 0 saturated heterocycles. The summed E-state index contributed by atoms with van der Waals surface area (Å²) in [7, 11) is 3.72. The molecule has 6 nitrogen and oxygen atoms in total. The third-order valence-corrected chi connectivity index (χ3v) is 3.24. The van der Waals surface area contributed by atoms with Crippen LogP contribution >= 0.6 is 11.3 Å². The van der Waals surface area contributed by atoms with Gasteiger partial charge >= 0.3 is 6.01 Å². The molecule has 0 unspecified atom stereocenters. The number of nitrogens with one attached hydrogen (secondary N) is 1. The molecule has 0 aliphatic carbocycles. The lowest BCUT2D eigenvalue weighted by Crippen LogP contribution is -2.21. The summed E-state index contributed by atoms with van der Waals surface area (Å²) in [5.74, 6) is 1.09. The SMILES string of the molecule is CNc1nc(OC(C)C)nc(N(C)Cc2ccsc2)n1. The number of anilines is 2. The molecule has 0 aliphatic heterocycles. The van der Waals surface area contributed by atoms with Crippen molar-refractivity contribution in [3.63, 3.8) is 0 Å². The van der Waals surface area contributed by atoms with Gasteiger partial charge in [0.05, 0.1) is 6.10 Å². The molecule has 0 radical (unpaired) electrons. The van der Waals surface area contributed by atoms with Gasteiger partial charge in [-0.15, -0.1) is 0 Å². The Bertz CT molecular complexity index is 544. The van der Waals surface area contributed by atoms with E-state index in [0.29, 0.717) is 17.9 Å². The second-order valence-corrected chi connectivity index (χ2v) is 5.43. The van der Waals surface area contributed by atoms with Gasteiger partial charge in [-0.25, -0.2) is 0 Å². The first-order chi connectivity index (χ1) is 9.58. The Morgan fingerprint density at radius 3 is 2.75 bits per heavy atom. The number of hydrogen-bond donors (Lipinski definition) is 1. The second-order valence-electron chi connectivity index (χ2n) is 4.65. The first-order valence-corrected chi connectivity index (χ1v) is 7.35. The quantitative estimate of drug-likeness (QED) is 0.882. The van der Waals surface area contributed by atoms with Crippen LogP contribution in [-0.4, -0.2) is 35.2 Å². The Morgan fingerprint density at radius 1 is 1.35 bits per heavy atom. The Hall–Kier alpha value is -1.89. The van der Waals surface area contributed by atoms with Crippen molar-refractivity contribution >= 4 is 23.2 Å². The summed E-state index contributed by atoms with van der Waals surface area (Å²) >= 11 is 1.68. The number of ether oxygens (including phenoxy) is 1. The van der Waals surface area contributed by atoms with Crippen molar-refractivity contribution in [2.45, 2.75) is 26.5 Å². The smallest absolute Gasteiger partial charge is 0.323 e. The van der Waals surface area contributed by atoms with Gasteiger partial charge in [0, 0.05) is 20.6 Å². The number of rotatable bonds is 6. The zero-order valence-electron chi connectivity index (χ0n) is 12.1. The van der Waals surface area contributed by atoms with Gasteiger partial charge in [-0.1, -0.05) is 0 Å². The van der Waals surface area contributed by atoms with Crippen molar-refractivity contribution in [3.8, 4) is 6.01 Å². The molecular weight excluding hydrogens is 274 g/mol. The number of thiophene rings is 1. The Kier molecular flexibility index (Phi) is 4.73. The topological polar surface area (TPSA) is 63.2 Å². The first kappa shape index (κ1) is 14.5. The molecule has 0 spiro atoms. The molecule has 20 heavy (non-hydrogen) atoms. The molecule has 0 atom stereocenters. The summed E-state index contributed by atoms with van der Waals surface area (Å²) in [6, 6.07) is 2.43. The van der Waals surface area contributed by atoms with Crippen LogP contribution in [-0.2, 0) is 6.54 Å². The van der Waals surface area contributed by atoms with Gasteiger partial charge in [0.2, 0.25) is 11.9 Å². The fourth-order valence-corrected chi connectivity index (χ4v) is 2.28. The van der Waals surface area contributed by atoms with Crippen molar-refractivity contribution in [1.29, 1.82) is 0 Å². The number of hydrogen-bond acceptors (Lipinski definition) is 7. The minimum absolute atomic E-state index is 0.0251. The summed E-state index contributed by atoms with van der Waals surface area (Å²) in [5.41, 5.74) is 1.23. The second kappa shape index (κ2) is 6.51. The van der Waals surface area contributed by atoms with Gasteiger partial charge in [0.25, 0.3) is 0 Å². The molecule has 2 aromatic heterocycles. The average molecular weight is 293 g/mol. The number of nitrogens with zero attached hydrogens (tertiary/aromatic N) is 4. The van der Waals surface area contributed by atoms with Crippen molar-refractivity contribution < 1.29 is 4.74 Å². The molecule has 0 amide bonds. The highest BCUT2D eigenvalue weighted by molar-refractivity contribution is 7.07. The molecule has 108 valence electrons. The lowest BCUT2D eigenvalue weighted by Gasteiger charge is -2.18. The van der Waals surface area contributed by atoms with Crippen LogP contribution in [0.15, 0.2) is 16.8 Å². The molecule has 0 aromatic carbocycles. The Balaban J connectivity index is 2.20. The van der Waals surface area contributed by atoms with Crippen LogP contribution in [0, 0.1) is 0 Å². The van der Waals surface area contributed by atoms with Crippen LogP contribution in [0.1, 0.15) is 19.4 Å². The molecule has 0 aliphatic rings. The lowest BCUT2D eigenvalue weighted by atomic mass is 10.3. The van der Waals surface area contributed by atoms with Gasteiger partial charge < -0.3 is 15.0 Å². The van der Waals surface area contributed by atoms with E-state index in [1.54, 1.807) is 18.4 Å². The van der Waals surface area contributed by atoms with E-state index in [2.05, 4.69) is 37.1 Å². The fraction of sp³-hybridized carbons (Fsp3) is 0.462. The minimum Gasteiger partial charge on any atom is -0.461 e. The highest BCUT2D eigenvalue weighted by atomic mass is 32.1. The van der Waals surface area contributed by atoms with Crippen molar-refractivity contribution in [3.05, 3.63) is 22.4 Å². The van der Waals surface area contributed by atoms with Crippen LogP contribution in [0.5, 0.6) is 6.01 Å². The molecule has 7 heteroatoms. The van der Waals surface area contributed by atoms with E-state index in [1.165, 1.54) is 5.56 Å². The van der Waals surface area contributed by atoms with Crippen LogP contribution in [0.2, 0.25) is 0 Å². The van der Waals surface area contributed by atoms with E-state index in [9.17, 15) is 0 Å². The third kappa shape index (κ3) is 3.80. The summed E-state index contributed by atoms with van der Waals surface area (Å²) in [6.45, 7) is 4.63. The van der Waals surface area contributed by atoms with Gasteiger partial charge in [-0.05, 0) is 36.2 Å². The maximum Gasteiger partial charge on any atom is 0.323 e. The predicted octanol–water partition coefficient (Wildman–Crippen LogP) is 2.40. The zero-order chi connectivity index (χ0) is 14.5. The molecule has 2 aromatic rings. The molecule has 2 rings (SSSR count). The predicted molar refractivity (Wildman–Crippen MR) is 81.6 cm³/mol. The maximum atomic E-state index is 5.56. The molecule has 0 fully saturated rings. The van der Waals surface area contributed by atoms with E-state index in [1.807, 2.05) is 25.8 Å². The van der Waals surface area contributed by atoms with E-state index in [-0.39, 0.29) is 6.10 Å². The molecule has 1 N–H and O–H groups in total. The van der Waals surface area contributed by atoms with Gasteiger partial charge in [0.1, 0.15) is 0 Å². The largest absolute Gasteiger partial charge is 0.461 e. The minimum atomic E-state index is 0.0251. The van der Waals surface area contributed by atoms with Crippen LogP contribution < -0.4 is 15.0 Å². The average Bonchev–Trinajstić information content (AvgIpc) is 2.90. The zero-order valence-corrected chi connectivity index (χ0v) is 12.9. The normalized spacial score (nSPS) is 10.7. The van der Waals surface area contributed by atoms with Crippen molar-refractivity contribution in [2.24, 2.45) is 0 Å². The van der Waals surface area contributed by atoms with E-state index in [4.69, 9.17) is 4.74 Å². The van der Waals surface area contributed by atoms with Gasteiger partial charge in [0.15, 0.2) is 0 Å². The third-order valence-electron chi connectivity index (χ3n) is 2.51. The lowest BCUT2D eigenvalue weighted by molar-refractivity contribution is 0.222. The summed E-state index contributed by atoms with van der Waals surface area (Å²) in [5, 5.41) is 7.10. The summed E-state index contributed by atoms with van der Waals surface area (Å²) in [6.07, 6.45) is 0.0251. The standard InChI is InChI=1S/C13H19N5OS/c1-9(2)19-13-16-11(14-3)15-12(17-13)18(4)7-10-5-6-20-8-10/h5-6,8-9H,7H2,1-4H3,(H,14,15,16,17). The highest BCUT2D eigenvalue weighted by Gasteiger charge is 2.12. The van der Waals surface area contributed by atoms with Crippen LogP contribution in [0.25, 0.3) is 0 Å². The van der Waals surface area contributed by atoms with E-state index in [0.717, 1.165) is 6.54 Å². The Morgan fingerprint density at radius 2 is 2.15 bits per heavy atom. The van der Waals surface area contributed by atoms with Crippen LogP contribution in [0.4, 0.5) is 11.9 Å². The first-order valence-electron chi connectivity index (χ1n) is 6.41. The molecule has 2 heterocycles. The van der Waals surface area contributed by atoms with Crippen LogP contribution in [0.3, 0.4) is 0 Å². The van der Waals surface area contributed by atoms with Crippen molar-refractivity contribution in [2.75, 3.05) is 24.3 Å². The number of aromatic nitrogens is 3. The van der Waals surface area contributed by atoms with Gasteiger partial charge in [-0.2, -0.15) is 26.3 Å². The molecule has 0 bridgehead atoms. The highest BCUT2D eigenvalue weighted by Crippen LogP contribution is 2.17. The van der Waals surface area contributed by atoms with E-state index >= 15 is 0 Å². The maximum absolute atomic E-state index is 5.56. The summed E-state index contributed by atoms with van der Waals surface area (Å²) in [4.78, 5) is 14.9. The Labute approximate surface area is 122 Å². The molecular formula is C13H19N5OS. The molecule has 0 saturated carbocycles. The van der Waals surface area contributed by atoms with Crippen molar-refractivity contribution in [1.82, 2.24) is 15.0 Å². The fourth-order valence-electron chi connectivity index (χ4n) is 1.62. The monoisotopic (exact) mass is 293 g/mol. The summed E-state index contributed by atoms with van der Waals surface area (Å²) < 4.78 is 5.56.